The number of carbonyl (C=O) groups is 1. The van der Waals surface area contributed by atoms with Gasteiger partial charge in [-0.15, -0.1) is 28.1 Å². The number of aryl methyl sites for hydroxylation is 1. The predicted octanol–water partition coefficient (Wildman–Crippen LogP) is 3.95. The summed E-state index contributed by atoms with van der Waals surface area (Å²) in [5.74, 6) is -0.0534. The second kappa shape index (κ2) is 7.20. The van der Waals surface area contributed by atoms with Crippen molar-refractivity contribution in [2.75, 3.05) is 6.54 Å². The molecule has 118 valence electrons. The van der Waals surface area contributed by atoms with E-state index < -0.39 is 0 Å². The van der Waals surface area contributed by atoms with Gasteiger partial charge in [-0.05, 0) is 35.7 Å². The van der Waals surface area contributed by atoms with Crippen LogP contribution in [0, 0.1) is 0 Å². The average Bonchev–Trinajstić information content (AvgIpc) is 3.26. The molecule has 0 N–H and O–H groups in total. The maximum atomic E-state index is 12.6. The van der Waals surface area contributed by atoms with Crippen molar-refractivity contribution in [1.82, 2.24) is 15.1 Å². The van der Waals surface area contributed by atoms with Crippen molar-refractivity contribution < 1.29 is 4.79 Å². The third-order valence-corrected chi connectivity index (χ3v) is 5.75. The zero-order chi connectivity index (χ0) is 16.2. The molecule has 1 amide bonds. The van der Waals surface area contributed by atoms with E-state index in [1.54, 1.807) is 22.3 Å². The molecular formula is C15H14N4OS3. The van der Waals surface area contributed by atoms with Crippen LogP contribution in [0.5, 0.6) is 0 Å². The Bertz CT molecular complexity index is 777. The van der Waals surface area contributed by atoms with Crippen LogP contribution in [0.1, 0.15) is 16.8 Å². The smallest absolute Gasteiger partial charge is 0.267 e. The first-order valence-corrected chi connectivity index (χ1v) is 9.49. The Morgan fingerprint density at radius 1 is 1.43 bits per heavy atom. The Labute approximate surface area is 146 Å². The van der Waals surface area contributed by atoms with E-state index in [1.165, 1.54) is 23.1 Å². The Morgan fingerprint density at radius 2 is 2.30 bits per heavy atom. The van der Waals surface area contributed by atoms with Crippen LogP contribution >= 0.6 is 34.4 Å². The largest absolute Gasteiger partial charge is 0.282 e. The molecule has 0 unspecified atom stereocenters. The molecule has 1 fully saturated rings. The highest BCUT2D eigenvalue weighted by atomic mass is 32.2. The minimum atomic E-state index is -0.0534. The molecule has 8 heteroatoms. The maximum Gasteiger partial charge on any atom is 0.267 e. The first-order valence-electron chi connectivity index (χ1n) is 6.98. The molecule has 3 rings (SSSR count). The van der Waals surface area contributed by atoms with E-state index in [0.717, 1.165) is 16.3 Å². The van der Waals surface area contributed by atoms with Crippen LogP contribution in [0.4, 0.5) is 5.13 Å². The Hall–Kier alpha value is -1.77. The number of amidine groups is 1. The van der Waals surface area contributed by atoms with Gasteiger partial charge in [0, 0.05) is 11.4 Å². The summed E-state index contributed by atoms with van der Waals surface area (Å²) in [6.45, 7) is 6.16. The van der Waals surface area contributed by atoms with Crippen LogP contribution in [0.25, 0.3) is 6.08 Å². The number of rotatable bonds is 5. The minimum absolute atomic E-state index is 0.0534. The second-order valence-corrected chi connectivity index (χ2v) is 7.59. The van der Waals surface area contributed by atoms with Gasteiger partial charge in [0.25, 0.3) is 5.91 Å². The van der Waals surface area contributed by atoms with Gasteiger partial charge in [-0.1, -0.05) is 30.4 Å². The van der Waals surface area contributed by atoms with Crippen molar-refractivity contribution in [2.45, 2.75) is 13.3 Å². The Kier molecular flexibility index (Phi) is 5.04. The van der Waals surface area contributed by atoms with E-state index in [9.17, 15) is 4.79 Å². The summed E-state index contributed by atoms with van der Waals surface area (Å²) in [4.78, 5) is 20.4. The van der Waals surface area contributed by atoms with E-state index >= 15 is 0 Å². The standard InChI is InChI=1S/C15H14N4OS3/c1-3-7-19-13(20)11(9-10-6-5-8-21-10)22-15(19)16-14-18-17-12(4-2)23-14/h3,5-6,8-9H,1,4,7H2,2H3/b11-9+,16-15?. The molecule has 0 radical (unpaired) electrons. The quantitative estimate of drug-likeness (QED) is 0.597. The van der Waals surface area contributed by atoms with Crippen LogP contribution in [0.15, 0.2) is 40.1 Å². The Morgan fingerprint density at radius 3 is 2.96 bits per heavy atom. The van der Waals surface area contributed by atoms with Gasteiger partial charge < -0.3 is 0 Å². The lowest BCUT2D eigenvalue weighted by molar-refractivity contribution is -0.121. The van der Waals surface area contributed by atoms with E-state index in [-0.39, 0.29) is 5.91 Å². The summed E-state index contributed by atoms with van der Waals surface area (Å²) in [5.41, 5.74) is 0. The Balaban J connectivity index is 1.91. The van der Waals surface area contributed by atoms with Gasteiger partial charge in [0.1, 0.15) is 5.01 Å². The topological polar surface area (TPSA) is 58.5 Å². The highest BCUT2D eigenvalue weighted by Gasteiger charge is 2.33. The molecule has 1 saturated heterocycles. The lowest BCUT2D eigenvalue weighted by Gasteiger charge is -2.11. The van der Waals surface area contributed by atoms with Gasteiger partial charge >= 0.3 is 0 Å². The number of nitrogens with zero attached hydrogens (tertiary/aromatic N) is 4. The predicted molar refractivity (Wildman–Crippen MR) is 98.2 cm³/mol. The van der Waals surface area contributed by atoms with Gasteiger partial charge in [0.05, 0.1) is 4.91 Å². The number of amides is 1. The fourth-order valence-electron chi connectivity index (χ4n) is 1.90. The molecular weight excluding hydrogens is 348 g/mol. The normalized spacial score (nSPS) is 18.3. The lowest BCUT2D eigenvalue weighted by atomic mass is 10.3. The number of thioether (sulfide) groups is 1. The molecule has 0 spiro atoms. The third kappa shape index (κ3) is 3.60. The second-order valence-electron chi connectivity index (χ2n) is 4.56. The molecule has 23 heavy (non-hydrogen) atoms. The van der Waals surface area contributed by atoms with Crippen LogP contribution in [-0.4, -0.2) is 32.7 Å². The molecule has 0 saturated carbocycles. The van der Waals surface area contributed by atoms with Crippen molar-refractivity contribution in [3.8, 4) is 0 Å². The number of aromatic nitrogens is 2. The van der Waals surface area contributed by atoms with Crippen molar-refractivity contribution in [3.05, 3.63) is 45.0 Å². The highest BCUT2D eigenvalue weighted by molar-refractivity contribution is 8.18. The molecule has 2 aromatic heterocycles. The number of aliphatic imine (C=N–C) groups is 1. The zero-order valence-electron chi connectivity index (χ0n) is 12.4. The van der Waals surface area contributed by atoms with Crippen LogP contribution in [-0.2, 0) is 11.2 Å². The zero-order valence-corrected chi connectivity index (χ0v) is 14.9. The fourth-order valence-corrected chi connectivity index (χ4v) is 4.32. The molecule has 0 aliphatic carbocycles. The summed E-state index contributed by atoms with van der Waals surface area (Å²) in [6, 6.07) is 3.95. The first-order chi connectivity index (χ1) is 11.2. The van der Waals surface area contributed by atoms with Crippen molar-refractivity contribution in [3.63, 3.8) is 0 Å². The van der Waals surface area contributed by atoms with E-state index in [4.69, 9.17) is 0 Å². The SMILES string of the molecule is C=CCN1C(=O)/C(=C\c2cccs2)SC1=Nc1nnc(CC)s1. The maximum absolute atomic E-state index is 12.6. The van der Waals surface area contributed by atoms with Gasteiger partial charge in [0.15, 0.2) is 5.17 Å². The van der Waals surface area contributed by atoms with Crippen LogP contribution < -0.4 is 0 Å². The van der Waals surface area contributed by atoms with E-state index in [2.05, 4.69) is 21.8 Å². The third-order valence-electron chi connectivity index (χ3n) is 2.97. The molecule has 2 aromatic rings. The molecule has 5 nitrogen and oxygen atoms in total. The fraction of sp³-hybridized carbons (Fsp3) is 0.200. The lowest BCUT2D eigenvalue weighted by Crippen LogP contribution is -2.29. The molecule has 1 aliphatic rings. The average molecular weight is 363 g/mol. The minimum Gasteiger partial charge on any atom is -0.282 e. The van der Waals surface area contributed by atoms with Crippen molar-refractivity contribution in [1.29, 1.82) is 0 Å². The summed E-state index contributed by atoms with van der Waals surface area (Å²) in [6.07, 6.45) is 4.42. The van der Waals surface area contributed by atoms with Crippen molar-refractivity contribution >= 4 is 56.7 Å². The number of hydrogen-bond donors (Lipinski definition) is 0. The number of hydrogen-bond acceptors (Lipinski definition) is 7. The summed E-state index contributed by atoms with van der Waals surface area (Å²) in [7, 11) is 0. The van der Waals surface area contributed by atoms with Gasteiger partial charge in [-0.2, -0.15) is 4.99 Å². The molecule has 1 aliphatic heterocycles. The van der Waals surface area contributed by atoms with Crippen molar-refractivity contribution in [2.24, 2.45) is 4.99 Å². The summed E-state index contributed by atoms with van der Waals surface area (Å²) >= 11 is 4.40. The van der Waals surface area contributed by atoms with E-state index in [1.807, 2.05) is 30.5 Å². The number of thiophene rings is 1. The molecule has 0 bridgehead atoms. The van der Waals surface area contributed by atoms with Crippen LogP contribution in [0.2, 0.25) is 0 Å². The molecule has 0 atom stereocenters. The van der Waals surface area contributed by atoms with Gasteiger partial charge in [-0.3, -0.25) is 9.69 Å². The van der Waals surface area contributed by atoms with Gasteiger partial charge in [0.2, 0.25) is 5.13 Å². The first kappa shape index (κ1) is 16.1. The van der Waals surface area contributed by atoms with E-state index in [0.29, 0.717) is 21.7 Å². The highest BCUT2D eigenvalue weighted by Crippen LogP contribution is 2.35. The monoisotopic (exact) mass is 362 g/mol. The summed E-state index contributed by atoms with van der Waals surface area (Å²) < 4.78 is 0. The number of carbonyl (C=O) groups excluding carboxylic acids is 1. The molecule has 3 heterocycles. The van der Waals surface area contributed by atoms with Gasteiger partial charge in [-0.25, -0.2) is 0 Å². The summed E-state index contributed by atoms with van der Waals surface area (Å²) in [5, 5.41) is 12.2. The van der Waals surface area contributed by atoms with Crippen LogP contribution in [0.3, 0.4) is 0 Å². The molecule has 0 aromatic carbocycles.